The Morgan fingerprint density at radius 1 is 1.50 bits per heavy atom. The van der Waals surface area contributed by atoms with Crippen LogP contribution < -0.4 is 5.32 Å². The summed E-state index contributed by atoms with van der Waals surface area (Å²) in [4.78, 5) is 26.7. The molecule has 22 heavy (non-hydrogen) atoms. The van der Waals surface area contributed by atoms with Gasteiger partial charge in [0.15, 0.2) is 0 Å². The molecule has 0 radical (unpaired) electrons. The Kier molecular flexibility index (Phi) is 3.81. The average Bonchev–Trinajstić information content (AvgIpc) is 2.96. The van der Waals surface area contributed by atoms with Crippen LogP contribution in [-0.4, -0.2) is 20.4 Å². The summed E-state index contributed by atoms with van der Waals surface area (Å²) in [6.07, 6.45) is 4.84. The van der Waals surface area contributed by atoms with E-state index in [-0.39, 0.29) is 22.5 Å². The van der Waals surface area contributed by atoms with Crippen molar-refractivity contribution in [1.82, 2.24) is 9.55 Å². The van der Waals surface area contributed by atoms with Crippen LogP contribution in [0.4, 0.5) is 11.4 Å². The first-order valence-corrected chi connectivity index (χ1v) is 7.16. The normalized spacial score (nSPS) is 16.9. The SMILES string of the molecule is O=C(Nc1ccc(Cl)c([N+](=O)[O-])c1)C1CCn2cncc2C1. The van der Waals surface area contributed by atoms with Gasteiger partial charge in [-0.25, -0.2) is 4.98 Å². The van der Waals surface area contributed by atoms with Crippen LogP contribution in [-0.2, 0) is 17.8 Å². The number of fused-ring (bicyclic) bond motifs is 1. The first-order valence-electron chi connectivity index (χ1n) is 6.78. The van der Waals surface area contributed by atoms with Crippen LogP contribution in [0.25, 0.3) is 0 Å². The Hall–Kier alpha value is -2.41. The van der Waals surface area contributed by atoms with E-state index in [0.29, 0.717) is 18.5 Å². The molecule has 1 atom stereocenters. The number of halogens is 1. The maximum absolute atomic E-state index is 12.3. The fraction of sp³-hybridized carbons (Fsp3) is 0.286. The summed E-state index contributed by atoms with van der Waals surface area (Å²) in [5.74, 6) is -0.317. The molecule has 2 aromatic rings. The highest BCUT2D eigenvalue weighted by Gasteiger charge is 2.25. The molecule has 1 aromatic carbocycles. The van der Waals surface area contributed by atoms with Crippen molar-refractivity contribution in [1.29, 1.82) is 0 Å². The lowest BCUT2D eigenvalue weighted by Crippen LogP contribution is -2.29. The summed E-state index contributed by atoms with van der Waals surface area (Å²) in [6, 6.07) is 4.23. The van der Waals surface area contributed by atoms with Crippen molar-refractivity contribution in [3.8, 4) is 0 Å². The summed E-state index contributed by atoms with van der Waals surface area (Å²) < 4.78 is 2.02. The predicted molar refractivity (Wildman–Crippen MR) is 80.8 cm³/mol. The minimum absolute atomic E-state index is 0.0459. The number of nitro benzene ring substituents is 1. The van der Waals surface area contributed by atoms with E-state index in [0.717, 1.165) is 12.2 Å². The summed E-state index contributed by atoms with van der Waals surface area (Å²) in [6.45, 7) is 0.744. The zero-order valence-corrected chi connectivity index (χ0v) is 12.3. The van der Waals surface area contributed by atoms with Crippen LogP contribution in [0.5, 0.6) is 0 Å². The molecule has 0 bridgehead atoms. The van der Waals surface area contributed by atoms with Crippen molar-refractivity contribution >= 4 is 28.9 Å². The molecule has 1 aromatic heterocycles. The van der Waals surface area contributed by atoms with E-state index in [1.165, 1.54) is 12.1 Å². The topological polar surface area (TPSA) is 90.1 Å². The third-order valence-corrected chi connectivity index (χ3v) is 4.07. The number of nitro groups is 1. The minimum Gasteiger partial charge on any atom is -0.335 e. The van der Waals surface area contributed by atoms with Crippen LogP contribution in [0.2, 0.25) is 5.02 Å². The van der Waals surface area contributed by atoms with Gasteiger partial charge in [0.1, 0.15) is 5.02 Å². The van der Waals surface area contributed by atoms with Crippen LogP contribution in [0, 0.1) is 16.0 Å². The number of hydrogen-bond acceptors (Lipinski definition) is 4. The molecule has 1 aliphatic rings. The molecule has 0 saturated heterocycles. The number of carbonyl (C=O) groups is 1. The van der Waals surface area contributed by atoms with Gasteiger partial charge in [-0.1, -0.05) is 11.6 Å². The van der Waals surface area contributed by atoms with E-state index < -0.39 is 4.92 Å². The van der Waals surface area contributed by atoms with E-state index in [2.05, 4.69) is 10.3 Å². The van der Waals surface area contributed by atoms with Crippen LogP contribution in [0.15, 0.2) is 30.7 Å². The fourth-order valence-electron chi connectivity index (χ4n) is 2.57. The summed E-state index contributed by atoms with van der Waals surface area (Å²) in [7, 11) is 0. The largest absolute Gasteiger partial charge is 0.335 e. The molecule has 0 saturated carbocycles. The van der Waals surface area contributed by atoms with Crippen LogP contribution in [0.3, 0.4) is 0 Å². The number of carbonyl (C=O) groups excluding carboxylic acids is 1. The third-order valence-electron chi connectivity index (χ3n) is 3.75. The number of amides is 1. The molecule has 1 aliphatic heterocycles. The molecule has 2 heterocycles. The van der Waals surface area contributed by atoms with E-state index in [1.54, 1.807) is 18.6 Å². The number of benzene rings is 1. The molecule has 8 heteroatoms. The van der Waals surface area contributed by atoms with Crippen molar-refractivity contribution in [2.45, 2.75) is 19.4 Å². The number of aromatic nitrogens is 2. The Bertz CT molecular complexity index is 743. The molecule has 3 rings (SSSR count). The van der Waals surface area contributed by atoms with E-state index in [1.807, 2.05) is 4.57 Å². The number of anilines is 1. The highest BCUT2D eigenvalue weighted by atomic mass is 35.5. The van der Waals surface area contributed by atoms with Gasteiger partial charge in [-0.2, -0.15) is 0 Å². The quantitative estimate of drug-likeness (QED) is 0.695. The second-order valence-electron chi connectivity index (χ2n) is 5.18. The zero-order valence-electron chi connectivity index (χ0n) is 11.5. The maximum atomic E-state index is 12.3. The molecular formula is C14H13ClN4O3. The Morgan fingerprint density at radius 2 is 2.32 bits per heavy atom. The zero-order chi connectivity index (χ0) is 15.7. The standard InChI is InChI=1S/C14H13ClN4O3/c15-12-2-1-10(6-13(12)19(21)22)17-14(20)9-3-4-18-8-16-7-11(18)5-9/h1-2,6-9H,3-5H2,(H,17,20). The number of rotatable bonds is 3. The number of nitrogens with zero attached hydrogens (tertiary/aromatic N) is 3. The third kappa shape index (κ3) is 2.80. The van der Waals surface area contributed by atoms with Gasteiger partial charge in [0.2, 0.25) is 5.91 Å². The van der Waals surface area contributed by atoms with Crippen molar-refractivity contribution in [2.75, 3.05) is 5.32 Å². The molecule has 114 valence electrons. The number of aryl methyl sites for hydroxylation is 1. The van der Waals surface area contributed by atoms with Gasteiger partial charge in [0.25, 0.3) is 5.69 Å². The van der Waals surface area contributed by atoms with Crippen LogP contribution in [0.1, 0.15) is 12.1 Å². The van der Waals surface area contributed by atoms with E-state index >= 15 is 0 Å². The van der Waals surface area contributed by atoms with E-state index in [4.69, 9.17) is 11.6 Å². The van der Waals surface area contributed by atoms with Gasteiger partial charge in [0, 0.05) is 42.5 Å². The second kappa shape index (κ2) is 5.76. The first kappa shape index (κ1) is 14.5. The Labute approximate surface area is 131 Å². The van der Waals surface area contributed by atoms with Crippen molar-refractivity contribution in [2.24, 2.45) is 5.92 Å². The molecule has 1 N–H and O–H groups in total. The van der Waals surface area contributed by atoms with Crippen molar-refractivity contribution in [3.05, 3.63) is 51.6 Å². The van der Waals surface area contributed by atoms with Gasteiger partial charge in [-0.15, -0.1) is 0 Å². The lowest BCUT2D eigenvalue weighted by atomic mass is 9.95. The molecule has 1 unspecified atom stereocenters. The Morgan fingerprint density at radius 3 is 3.09 bits per heavy atom. The summed E-state index contributed by atoms with van der Waals surface area (Å²) >= 11 is 5.76. The molecule has 1 amide bonds. The molecule has 7 nitrogen and oxygen atoms in total. The van der Waals surface area contributed by atoms with Gasteiger partial charge >= 0.3 is 0 Å². The lowest BCUT2D eigenvalue weighted by Gasteiger charge is -2.22. The van der Waals surface area contributed by atoms with Gasteiger partial charge in [0.05, 0.1) is 11.3 Å². The number of imidazole rings is 1. The molecule has 0 fully saturated rings. The lowest BCUT2D eigenvalue weighted by molar-refractivity contribution is -0.384. The van der Waals surface area contributed by atoms with Crippen LogP contribution >= 0.6 is 11.6 Å². The summed E-state index contributed by atoms with van der Waals surface area (Å²) in [5.41, 5.74) is 1.18. The maximum Gasteiger partial charge on any atom is 0.289 e. The second-order valence-corrected chi connectivity index (χ2v) is 5.59. The molecule has 0 spiro atoms. The number of nitrogens with one attached hydrogen (secondary N) is 1. The van der Waals surface area contributed by atoms with Gasteiger partial charge in [-0.05, 0) is 18.6 Å². The minimum atomic E-state index is -0.572. The molecular weight excluding hydrogens is 308 g/mol. The smallest absolute Gasteiger partial charge is 0.289 e. The van der Waals surface area contributed by atoms with Crippen molar-refractivity contribution in [3.63, 3.8) is 0 Å². The average molecular weight is 321 g/mol. The van der Waals surface area contributed by atoms with Gasteiger partial charge in [-0.3, -0.25) is 14.9 Å². The Balaban J connectivity index is 1.72. The molecule has 0 aliphatic carbocycles. The van der Waals surface area contributed by atoms with Gasteiger partial charge < -0.3 is 9.88 Å². The highest BCUT2D eigenvalue weighted by molar-refractivity contribution is 6.32. The summed E-state index contributed by atoms with van der Waals surface area (Å²) in [5, 5.41) is 13.6. The monoisotopic (exact) mass is 320 g/mol. The van der Waals surface area contributed by atoms with E-state index in [9.17, 15) is 14.9 Å². The highest BCUT2D eigenvalue weighted by Crippen LogP contribution is 2.28. The number of hydrogen-bond donors (Lipinski definition) is 1. The fourth-order valence-corrected chi connectivity index (χ4v) is 2.75. The first-order chi connectivity index (χ1) is 10.5. The predicted octanol–water partition coefficient (Wildman–Crippen LogP) is 2.65. The van der Waals surface area contributed by atoms with Crippen molar-refractivity contribution < 1.29 is 9.72 Å².